The Morgan fingerprint density at radius 3 is 2.67 bits per heavy atom. The predicted octanol–water partition coefficient (Wildman–Crippen LogP) is 3.83. The molecule has 0 bridgehead atoms. The van der Waals surface area contributed by atoms with Crippen LogP contribution in [0.1, 0.15) is 16.7 Å². The monoisotopic (exact) mass is 286 g/mol. The van der Waals surface area contributed by atoms with Gasteiger partial charge >= 0.3 is 0 Å². The summed E-state index contributed by atoms with van der Waals surface area (Å²) in [6, 6.07) is 11.0. The Morgan fingerprint density at radius 2 is 2.00 bits per heavy atom. The van der Waals surface area contributed by atoms with Crippen LogP contribution in [-0.2, 0) is 6.54 Å². The van der Waals surface area contributed by atoms with Gasteiger partial charge in [0.2, 0.25) is 0 Å². The molecule has 110 valence electrons. The summed E-state index contributed by atoms with van der Waals surface area (Å²) >= 11 is 0. The number of nitro benzene ring substituents is 1. The van der Waals surface area contributed by atoms with E-state index in [1.54, 1.807) is 20.1 Å². The molecule has 0 amide bonds. The molecule has 0 aliphatic carbocycles. The zero-order valence-corrected chi connectivity index (χ0v) is 12.3. The second-order valence-corrected chi connectivity index (χ2v) is 4.88. The van der Waals surface area contributed by atoms with Crippen LogP contribution in [0.4, 0.5) is 11.4 Å². The molecule has 0 atom stereocenters. The minimum absolute atomic E-state index is 0.144. The molecule has 0 radical (unpaired) electrons. The highest BCUT2D eigenvalue weighted by Crippen LogP contribution is 2.27. The molecule has 2 rings (SSSR count). The molecule has 0 unspecified atom stereocenters. The van der Waals surface area contributed by atoms with Crippen molar-refractivity contribution in [3.8, 4) is 5.75 Å². The average Bonchev–Trinajstić information content (AvgIpc) is 2.46. The van der Waals surface area contributed by atoms with Crippen LogP contribution in [0.2, 0.25) is 0 Å². The van der Waals surface area contributed by atoms with E-state index in [0.717, 1.165) is 22.6 Å². The van der Waals surface area contributed by atoms with E-state index >= 15 is 0 Å². The highest BCUT2D eigenvalue weighted by molar-refractivity contribution is 5.58. The highest BCUT2D eigenvalue weighted by Gasteiger charge is 2.13. The Bertz CT molecular complexity index is 669. The van der Waals surface area contributed by atoms with Crippen molar-refractivity contribution >= 4 is 11.4 Å². The first-order valence-corrected chi connectivity index (χ1v) is 6.64. The summed E-state index contributed by atoms with van der Waals surface area (Å²) in [5, 5.41) is 14.2. The lowest BCUT2D eigenvalue weighted by Crippen LogP contribution is -2.04. The molecule has 5 heteroatoms. The lowest BCUT2D eigenvalue weighted by atomic mass is 10.1. The number of hydrogen-bond donors (Lipinski definition) is 1. The quantitative estimate of drug-likeness (QED) is 0.670. The number of methoxy groups -OCH3 is 1. The SMILES string of the molecule is COc1ccc(C)cc1NCc1cccc([N+](=O)[O-])c1C. The van der Waals surface area contributed by atoms with Crippen LogP contribution in [-0.4, -0.2) is 12.0 Å². The Balaban J connectivity index is 2.23. The molecule has 0 heterocycles. The van der Waals surface area contributed by atoms with Crippen molar-refractivity contribution in [3.63, 3.8) is 0 Å². The lowest BCUT2D eigenvalue weighted by Gasteiger charge is -2.13. The summed E-state index contributed by atoms with van der Waals surface area (Å²) in [6.45, 7) is 4.28. The Kier molecular flexibility index (Phi) is 4.42. The van der Waals surface area contributed by atoms with Crippen LogP contribution in [0.3, 0.4) is 0 Å². The second kappa shape index (κ2) is 6.26. The summed E-state index contributed by atoms with van der Waals surface area (Å²) < 4.78 is 5.31. The predicted molar refractivity (Wildman–Crippen MR) is 82.9 cm³/mol. The zero-order chi connectivity index (χ0) is 15.4. The largest absolute Gasteiger partial charge is 0.495 e. The molecule has 2 aromatic carbocycles. The topological polar surface area (TPSA) is 64.4 Å². The standard InChI is InChI=1S/C16H18N2O3/c1-11-7-8-16(21-3)14(9-11)17-10-13-5-4-6-15(12(13)2)18(19)20/h4-9,17H,10H2,1-3H3. The zero-order valence-electron chi connectivity index (χ0n) is 12.3. The van der Waals surface area contributed by atoms with E-state index in [2.05, 4.69) is 5.32 Å². The van der Waals surface area contributed by atoms with E-state index in [4.69, 9.17) is 4.74 Å². The Labute approximate surface area is 123 Å². The fourth-order valence-electron chi connectivity index (χ4n) is 2.21. The van der Waals surface area contributed by atoms with E-state index in [1.165, 1.54) is 6.07 Å². The second-order valence-electron chi connectivity index (χ2n) is 4.88. The first kappa shape index (κ1) is 14.8. The molecular formula is C16H18N2O3. The van der Waals surface area contributed by atoms with Crippen molar-refractivity contribution in [2.75, 3.05) is 12.4 Å². The van der Waals surface area contributed by atoms with Crippen molar-refractivity contribution < 1.29 is 9.66 Å². The van der Waals surface area contributed by atoms with Crippen LogP contribution >= 0.6 is 0 Å². The third-order valence-electron chi connectivity index (χ3n) is 3.44. The van der Waals surface area contributed by atoms with Crippen LogP contribution in [0.15, 0.2) is 36.4 Å². The summed E-state index contributed by atoms with van der Waals surface area (Å²) in [5.74, 6) is 0.753. The summed E-state index contributed by atoms with van der Waals surface area (Å²) in [4.78, 5) is 10.6. The molecule has 0 aliphatic rings. The average molecular weight is 286 g/mol. The number of anilines is 1. The maximum atomic E-state index is 11.0. The first-order valence-electron chi connectivity index (χ1n) is 6.64. The number of nitro groups is 1. The normalized spacial score (nSPS) is 10.2. The van der Waals surface area contributed by atoms with Gasteiger partial charge in [-0.05, 0) is 37.1 Å². The van der Waals surface area contributed by atoms with Crippen molar-refractivity contribution in [2.24, 2.45) is 0 Å². The van der Waals surface area contributed by atoms with Crippen LogP contribution < -0.4 is 10.1 Å². The van der Waals surface area contributed by atoms with Crippen molar-refractivity contribution in [3.05, 3.63) is 63.2 Å². The Morgan fingerprint density at radius 1 is 1.24 bits per heavy atom. The fourth-order valence-corrected chi connectivity index (χ4v) is 2.21. The van der Waals surface area contributed by atoms with Crippen molar-refractivity contribution in [2.45, 2.75) is 20.4 Å². The number of benzene rings is 2. The number of hydrogen-bond acceptors (Lipinski definition) is 4. The van der Waals surface area contributed by atoms with Crippen LogP contribution in [0.25, 0.3) is 0 Å². The van der Waals surface area contributed by atoms with Gasteiger partial charge in [-0.3, -0.25) is 10.1 Å². The summed E-state index contributed by atoms with van der Waals surface area (Å²) in [6.07, 6.45) is 0. The van der Waals surface area contributed by atoms with Gasteiger partial charge in [0.05, 0.1) is 17.7 Å². The molecule has 0 spiro atoms. The number of nitrogens with one attached hydrogen (secondary N) is 1. The van der Waals surface area contributed by atoms with Gasteiger partial charge in [-0.15, -0.1) is 0 Å². The smallest absolute Gasteiger partial charge is 0.272 e. The molecule has 2 aromatic rings. The third kappa shape index (κ3) is 3.31. The third-order valence-corrected chi connectivity index (χ3v) is 3.44. The van der Waals surface area contributed by atoms with Crippen molar-refractivity contribution in [1.29, 1.82) is 0 Å². The van der Waals surface area contributed by atoms with Gasteiger partial charge < -0.3 is 10.1 Å². The maximum Gasteiger partial charge on any atom is 0.272 e. The van der Waals surface area contributed by atoms with Crippen molar-refractivity contribution in [1.82, 2.24) is 0 Å². The fraction of sp³-hybridized carbons (Fsp3) is 0.250. The molecule has 0 fully saturated rings. The van der Waals surface area contributed by atoms with Gasteiger partial charge in [0.25, 0.3) is 5.69 Å². The first-order chi connectivity index (χ1) is 10.0. The van der Waals surface area contributed by atoms with E-state index in [0.29, 0.717) is 12.1 Å². The summed E-state index contributed by atoms with van der Waals surface area (Å²) in [7, 11) is 1.62. The number of aryl methyl sites for hydroxylation is 1. The molecule has 1 N–H and O–H groups in total. The highest BCUT2D eigenvalue weighted by atomic mass is 16.6. The molecule has 0 aromatic heterocycles. The van der Waals surface area contributed by atoms with Gasteiger partial charge in [-0.1, -0.05) is 18.2 Å². The molecule has 0 aliphatic heterocycles. The van der Waals surface area contributed by atoms with Crippen LogP contribution in [0, 0.1) is 24.0 Å². The molecular weight excluding hydrogens is 268 g/mol. The van der Waals surface area contributed by atoms with Gasteiger partial charge in [-0.25, -0.2) is 0 Å². The van der Waals surface area contributed by atoms with E-state index in [-0.39, 0.29) is 10.6 Å². The van der Waals surface area contributed by atoms with E-state index in [9.17, 15) is 10.1 Å². The Hall–Kier alpha value is -2.56. The van der Waals surface area contributed by atoms with Gasteiger partial charge in [0.15, 0.2) is 0 Å². The van der Waals surface area contributed by atoms with E-state index < -0.39 is 0 Å². The summed E-state index contributed by atoms with van der Waals surface area (Å²) in [5.41, 5.74) is 3.72. The number of ether oxygens (including phenoxy) is 1. The minimum Gasteiger partial charge on any atom is -0.495 e. The molecule has 0 saturated carbocycles. The number of nitrogens with zero attached hydrogens (tertiary/aromatic N) is 1. The molecule has 5 nitrogen and oxygen atoms in total. The van der Waals surface area contributed by atoms with Gasteiger partial charge in [-0.2, -0.15) is 0 Å². The molecule has 21 heavy (non-hydrogen) atoms. The lowest BCUT2D eigenvalue weighted by molar-refractivity contribution is -0.385. The minimum atomic E-state index is -0.355. The van der Waals surface area contributed by atoms with Gasteiger partial charge in [0.1, 0.15) is 5.75 Å². The maximum absolute atomic E-state index is 11.0. The number of rotatable bonds is 5. The van der Waals surface area contributed by atoms with Gasteiger partial charge in [0, 0.05) is 18.2 Å². The van der Waals surface area contributed by atoms with E-state index in [1.807, 2.05) is 31.2 Å². The van der Waals surface area contributed by atoms with Crippen LogP contribution in [0.5, 0.6) is 5.75 Å². The molecule has 0 saturated heterocycles.